The Bertz CT molecular complexity index is 367. The van der Waals surface area contributed by atoms with Gasteiger partial charge in [0.05, 0.1) is 6.04 Å². The number of pyridine rings is 1. The lowest BCUT2D eigenvalue weighted by molar-refractivity contribution is -0.109. The minimum atomic E-state index is -0.783. The third-order valence-corrected chi connectivity index (χ3v) is 2.62. The number of nitrogens with two attached hydrogens (primary N) is 2. The molecule has 5 heteroatoms. The van der Waals surface area contributed by atoms with Gasteiger partial charge in [0, 0.05) is 23.9 Å². The fraction of sp³-hybridized carbons (Fsp3) is 0.417. The van der Waals surface area contributed by atoms with Gasteiger partial charge in [0.1, 0.15) is 6.29 Å². The molecule has 17 heavy (non-hydrogen) atoms. The van der Waals surface area contributed by atoms with Gasteiger partial charge in [0.2, 0.25) is 0 Å². The third-order valence-electron chi connectivity index (χ3n) is 2.62. The first kappa shape index (κ1) is 13.5. The number of aldehydes is 1. The minimum Gasteiger partial charge on any atom is -0.330 e. The van der Waals surface area contributed by atoms with E-state index in [4.69, 9.17) is 11.5 Å². The molecule has 1 heterocycles. The molecule has 1 aromatic heterocycles. The normalized spacial score (nSPS) is 14.0. The van der Waals surface area contributed by atoms with E-state index in [9.17, 15) is 9.59 Å². The lowest BCUT2D eigenvalue weighted by Crippen LogP contribution is -2.37. The van der Waals surface area contributed by atoms with Crippen LogP contribution in [0.1, 0.15) is 23.2 Å². The molecule has 92 valence electrons. The summed E-state index contributed by atoms with van der Waals surface area (Å²) in [6.07, 6.45) is 4.86. The quantitative estimate of drug-likeness (QED) is 0.517. The van der Waals surface area contributed by atoms with Crippen molar-refractivity contribution in [3.05, 3.63) is 30.1 Å². The second-order valence-electron chi connectivity index (χ2n) is 3.86. The third kappa shape index (κ3) is 3.72. The summed E-state index contributed by atoms with van der Waals surface area (Å²) in [5, 5.41) is 0. The molecule has 0 bridgehead atoms. The molecule has 0 aliphatic carbocycles. The van der Waals surface area contributed by atoms with Crippen molar-refractivity contribution in [2.24, 2.45) is 17.4 Å². The van der Waals surface area contributed by atoms with Gasteiger partial charge in [-0.2, -0.15) is 0 Å². The first-order valence-corrected chi connectivity index (χ1v) is 5.56. The van der Waals surface area contributed by atoms with Crippen LogP contribution in [0, 0.1) is 5.92 Å². The smallest absolute Gasteiger partial charge is 0.169 e. The lowest BCUT2D eigenvalue weighted by Gasteiger charge is -2.18. The number of carbonyl (C=O) groups is 2. The summed E-state index contributed by atoms with van der Waals surface area (Å²) < 4.78 is 0. The van der Waals surface area contributed by atoms with Crippen LogP contribution in [-0.2, 0) is 4.79 Å². The maximum atomic E-state index is 12.1. The SMILES string of the molecule is NCCCC(C(=O)c1cccnc1)[C@H](N)C=O. The molecular formula is C12H17N3O2. The summed E-state index contributed by atoms with van der Waals surface area (Å²) in [6, 6.07) is 2.57. The van der Waals surface area contributed by atoms with Crippen LogP contribution in [0.25, 0.3) is 0 Å². The van der Waals surface area contributed by atoms with Crippen molar-refractivity contribution in [2.75, 3.05) is 6.54 Å². The molecule has 1 unspecified atom stereocenters. The van der Waals surface area contributed by atoms with E-state index >= 15 is 0 Å². The van der Waals surface area contributed by atoms with Gasteiger partial charge in [-0.3, -0.25) is 9.78 Å². The Labute approximate surface area is 100 Å². The Morgan fingerprint density at radius 3 is 2.82 bits per heavy atom. The molecule has 0 aromatic carbocycles. The van der Waals surface area contributed by atoms with Crippen molar-refractivity contribution in [1.29, 1.82) is 0 Å². The van der Waals surface area contributed by atoms with Gasteiger partial charge < -0.3 is 16.3 Å². The number of Topliss-reactive ketones (excluding diaryl/α,β-unsaturated/α-hetero) is 1. The van der Waals surface area contributed by atoms with Crippen molar-refractivity contribution in [1.82, 2.24) is 4.98 Å². The van der Waals surface area contributed by atoms with Crippen LogP contribution in [0.15, 0.2) is 24.5 Å². The highest BCUT2D eigenvalue weighted by molar-refractivity contribution is 5.99. The summed E-state index contributed by atoms with van der Waals surface area (Å²) in [5.74, 6) is -0.661. The molecule has 1 rings (SSSR count). The minimum absolute atomic E-state index is 0.147. The second kappa shape index (κ2) is 6.88. The van der Waals surface area contributed by atoms with Crippen LogP contribution in [0.4, 0.5) is 0 Å². The number of nitrogens with zero attached hydrogens (tertiary/aromatic N) is 1. The predicted molar refractivity (Wildman–Crippen MR) is 64.4 cm³/mol. The zero-order valence-corrected chi connectivity index (χ0v) is 9.58. The molecule has 0 fully saturated rings. The number of carbonyl (C=O) groups excluding carboxylic acids is 2. The maximum Gasteiger partial charge on any atom is 0.169 e. The fourth-order valence-corrected chi connectivity index (χ4v) is 1.65. The van der Waals surface area contributed by atoms with Crippen molar-refractivity contribution < 1.29 is 9.59 Å². The topological polar surface area (TPSA) is 99.1 Å². The van der Waals surface area contributed by atoms with E-state index in [0.717, 1.165) is 0 Å². The van der Waals surface area contributed by atoms with Crippen molar-refractivity contribution >= 4 is 12.1 Å². The zero-order valence-electron chi connectivity index (χ0n) is 9.58. The Hall–Kier alpha value is -1.59. The maximum absolute atomic E-state index is 12.1. The van der Waals surface area contributed by atoms with Gasteiger partial charge in [-0.05, 0) is 31.5 Å². The summed E-state index contributed by atoms with van der Waals surface area (Å²) in [7, 11) is 0. The van der Waals surface area contributed by atoms with Crippen molar-refractivity contribution in [3.63, 3.8) is 0 Å². The first-order chi connectivity index (χ1) is 8.20. The number of ketones is 1. The molecule has 0 radical (unpaired) electrons. The van der Waals surface area contributed by atoms with Gasteiger partial charge in [0.15, 0.2) is 5.78 Å². The number of hydrogen-bond donors (Lipinski definition) is 2. The zero-order chi connectivity index (χ0) is 12.7. The van der Waals surface area contributed by atoms with E-state index in [2.05, 4.69) is 4.98 Å². The van der Waals surface area contributed by atoms with Crippen molar-refractivity contribution in [2.45, 2.75) is 18.9 Å². The summed E-state index contributed by atoms with van der Waals surface area (Å²) >= 11 is 0. The standard InChI is InChI=1S/C12H17N3O2/c13-5-1-4-10(11(14)8-16)12(17)9-3-2-6-15-7-9/h2-3,6-8,10-11H,1,4-5,13-14H2/t10?,11-/m1/s1. The lowest BCUT2D eigenvalue weighted by atomic mass is 9.88. The average molecular weight is 235 g/mol. The van der Waals surface area contributed by atoms with Gasteiger partial charge in [-0.1, -0.05) is 0 Å². The Morgan fingerprint density at radius 1 is 1.53 bits per heavy atom. The van der Waals surface area contributed by atoms with Gasteiger partial charge in [-0.15, -0.1) is 0 Å². The van der Waals surface area contributed by atoms with Gasteiger partial charge in [0.25, 0.3) is 0 Å². The van der Waals surface area contributed by atoms with E-state index in [1.807, 2.05) is 0 Å². The number of aromatic nitrogens is 1. The predicted octanol–water partition coefficient (Wildman–Crippen LogP) is 0.146. The number of rotatable bonds is 7. The second-order valence-corrected chi connectivity index (χ2v) is 3.86. The Balaban J connectivity index is 2.82. The van der Waals surface area contributed by atoms with E-state index < -0.39 is 12.0 Å². The molecule has 5 nitrogen and oxygen atoms in total. The average Bonchev–Trinajstić information content (AvgIpc) is 2.39. The highest BCUT2D eigenvalue weighted by Crippen LogP contribution is 2.15. The van der Waals surface area contributed by atoms with E-state index in [0.29, 0.717) is 31.2 Å². The molecule has 0 saturated heterocycles. The van der Waals surface area contributed by atoms with E-state index in [-0.39, 0.29) is 5.78 Å². The molecular weight excluding hydrogens is 218 g/mol. The van der Waals surface area contributed by atoms with Crippen molar-refractivity contribution in [3.8, 4) is 0 Å². The first-order valence-electron chi connectivity index (χ1n) is 5.56. The van der Waals surface area contributed by atoms with Crippen LogP contribution < -0.4 is 11.5 Å². The molecule has 1 aromatic rings. The highest BCUT2D eigenvalue weighted by atomic mass is 16.1. The molecule has 2 atom stereocenters. The molecule has 0 aliphatic heterocycles. The van der Waals surface area contributed by atoms with E-state index in [1.54, 1.807) is 18.3 Å². The monoisotopic (exact) mass is 235 g/mol. The van der Waals surface area contributed by atoms with Crippen LogP contribution in [-0.4, -0.2) is 29.6 Å². The fourth-order valence-electron chi connectivity index (χ4n) is 1.65. The van der Waals surface area contributed by atoms with Crippen LogP contribution in [0.5, 0.6) is 0 Å². The molecule has 0 saturated carbocycles. The molecule has 0 aliphatic rings. The molecule has 4 N–H and O–H groups in total. The summed E-state index contributed by atoms with van der Waals surface area (Å²) in [6.45, 7) is 0.475. The van der Waals surface area contributed by atoms with Crippen LogP contribution >= 0.6 is 0 Å². The van der Waals surface area contributed by atoms with Crippen LogP contribution in [0.2, 0.25) is 0 Å². The Kier molecular flexibility index (Phi) is 5.45. The summed E-state index contributed by atoms with van der Waals surface area (Å²) in [4.78, 5) is 26.7. The van der Waals surface area contributed by atoms with E-state index in [1.165, 1.54) is 6.20 Å². The van der Waals surface area contributed by atoms with Gasteiger partial charge >= 0.3 is 0 Å². The molecule has 0 spiro atoms. The van der Waals surface area contributed by atoms with Gasteiger partial charge in [-0.25, -0.2) is 0 Å². The summed E-state index contributed by atoms with van der Waals surface area (Å²) in [5.41, 5.74) is 11.5. The molecule has 0 amide bonds. The highest BCUT2D eigenvalue weighted by Gasteiger charge is 2.25. The Morgan fingerprint density at radius 2 is 2.29 bits per heavy atom. The van der Waals surface area contributed by atoms with Crippen LogP contribution in [0.3, 0.4) is 0 Å². The largest absolute Gasteiger partial charge is 0.330 e. The number of hydrogen-bond acceptors (Lipinski definition) is 5.